The average molecular weight is 376 g/mol. The second kappa shape index (κ2) is 6.17. The third kappa shape index (κ3) is 3.25. The molecule has 0 radical (unpaired) electrons. The molecular formula is C14H18FIN2O. The first-order chi connectivity index (χ1) is 9.00. The molecule has 1 saturated heterocycles. The van der Waals surface area contributed by atoms with Crippen LogP contribution in [0.15, 0.2) is 18.2 Å². The van der Waals surface area contributed by atoms with Gasteiger partial charge in [0.15, 0.2) is 0 Å². The number of hydrogen-bond acceptors (Lipinski definition) is 2. The summed E-state index contributed by atoms with van der Waals surface area (Å²) < 4.78 is 14.5. The van der Waals surface area contributed by atoms with Crippen LogP contribution >= 0.6 is 22.6 Å². The quantitative estimate of drug-likeness (QED) is 0.741. The van der Waals surface area contributed by atoms with Gasteiger partial charge in [0.1, 0.15) is 5.82 Å². The van der Waals surface area contributed by atoms with E-state index < -0.39 is 5.82 Å². The van der Waals surface area contributed by atoms with Crippen LogP contribution in [-0.2, 0) is 0 Å². The maximum Gasteiger partial charge on any atom is 0.258 e. The predicted molar refractivity (Wildman–Crippen MR) is 81.7 cm³/mol. The summed E-state index contributed by atoms with van der Waals surface area (Å²) in [4.78, 5) is 16.5. The third-order valence-electron chi connectivity index (χ3n) is 3.51. The van der Waals surface area contributed by atoms with E-state index >= 15 is 0 Å². The van der Waals surface area contributed by atoms with Crippen molar-refractivity contribution in [1.29, 1.82) is 0 Å². The van der Waals surface area contributed by atoms with Crippen molar-refractivity contribution in [2.75, 3.05) is 26.2 Å². The van der Waals surface area contributed by atoms with Gasteiger partial charge in [0.05, 0.1) is 5.56 Å². The number of halogens is 2. The molecule has 0 saturated carbocycles. The van der Waals surface area contributed by atoms with Gasteiger partial charge in [-0.25, -0.2) is 4.39 Å². The summed E-state index contributed by atoms with van der Waals surface area (Å²) >= 11 is 2.01. The van der Waals surface area contributed by atoms with Gasteiger partial charge in [0.2, 0.25) is 0 Å². The lowest BCUT2D eigenvalue weighted by Gasteiger charge is -2.37. The van der Waals surface area contributed by atoms with Crippen LogP contribution in [0.1, 0.15) is 24.2 Å². The second-order valence-corrected chi connectivity index (χ2v) is 6.18. The summed E-state index contributed by atoms with van der Waals surface area (Å²) in [5, 5.41) is 0. The summed E-state index contributed by atoms with van der Waals surface area (Å²) in [6, 6.07) is 5.23. The molecule has 2 rings (SSSR count). The van der Waals surface area contributed by atoms with Crippen LogP contribution in [0.4, 0.5) is 4.39 Å². The molecule has 3 nitrogen and oxygen atoms in total. The topological polar surface area (TPSA) is 23.6 Å². The van der Waals surface area contributed by atoms with E-state index in [9.17, 15) is 9.18 Å². The Hall–Kier alpha value is -0.690. The number of nitrogens with zero attached hydrogens (tertiary/aromatic N) is 2. The monoisotopic (exact) mass is 376 g/mol. The van der Waals surface area contributed by atoms with Crippen LogP contribution in [-0.4, -0.2) is 47.9 Å². The Morgan fingerprint density at radius 1 is 1.26 bits per heavy atom. The maximum atomic E-state index is 13.8. The Labute approximate surface area is 126 Å². The Morgan fingerprint density at radius 3 is 2.42 bits per heavy atom. The molecule has 0 unspecified atom stereocenters. The third-order valence-corrected chi connectivity index (χ3v) is 4.41. The molecule has 0 spiro atoms. The zero-order valence-corrected chi connectivity index (χ0v) is 13.4. The molecule has 1 heterocycles. The molecule has 0 aromatic heterocycles. The number of hydrogen-bond donors (Lipinski definition) is 0. The molecule has 1 aliphatic rings. The summed E-state index contributed by atoms with van der Waals surface area (Å²) in [5.74, 6) is -0.617. The van der Waals surface area contributed by atoms with E-state index in [0.29, 0.717) is 22.7 Å². The number of piperazine rings is 1. The minimum atomic E-state index is -0.428. The number of benzene rings is 1. The van der Waals surface area contributed by atoms with Crippen molar-refractivity contribution >= 4 is 28.5 Å². The lowest BCUT2D eigenvalue weighted by Crippen LogP contribution is -2.50. The second-order valence-electron chi connectivity index (χ2n) is 5.02. The first-order valence-electron chi connectivity index (χ1n) is 6.48. The highest BCUT2D eigenvalue weighted by molar-refractivity contribution is 14.1. The van der Waals surface area contributed by atoms with Crippen molar-refractivity contribution in [2.45, 2.75) is 19.9 Å². The summed E-state index contributed by atoms with van der Waals surface area (Å²) in [6.45, 7) is 7.35. The zero-order valence-electron chi connectivity index (χ0n) is 11.2. The highest BCUT2D eigenvalue weighted by Crippen LogP contribution is 2.19. The van der Waals surface area contributed by atoms with Crippen molar-refractivity contribution in [3.05, 3.63) is 33.1 Å². The smallest absolute Gasteiger partial charge is 0.258 e. The van der Waals surface area contributed by atoms with E-state index in [4.69, 9.17) is 0 Å². The Bertz CT molecular complexity index is 450. The van der Waals surface area contributed by atoms with Gasteiger partial charge in [0, 0.05) is 35.8 Å². The van der Waals surface area contributed by atoms with E-state index in [0.717, 1.165) is 13.1 Å². The molecule has 1 amide bonds. The number of carbonyl (C=O) groups is 1. The van der Waals surface area contributed by atoms with Crippen LogP contribution in [0.2, 0.25) is 0 Å². The SMILES string of the molecule is CC(C)N1CCN(C(=O)c2c(F)cccc2I)CC1. The van der Waals surface area contributed by atoms with Crippen LogP contribution in [0.5, 0.6) is 0 Å². The van der Waals surface area contributed by atoms with Gasteiger partial charge in [-0.1, -0.05) is 6.07 Å². The van der Waals surface area contributed by atoms with Gasteiger partial charge >= 0.3 is 0 Å². The van der Waals surface area contributed by atoms with Gasteiger partial charge in [-0.3, -0.25) is 9.69 Å². The summed E-state index contributed by atoms with van der Waals surface area (Å²) in [5.41, 5.74) is 0.209. The largest absolute Gasteiger partial charge is 0.336 e. The molecule has 1 aromatic rings. The molecule has 0 aliphatic carbocycles. The van der Waals surface area contributed by atoms with E-state index in [-0.39, 0.29) is 11.5 Å². The lowest BCUT2D eigenvalue weighted by molar-refractivity contribution is 0.0590. The fourth-order valence-electron chi connectivity index (χ4n) is 2.30. The molecule has 0 atom stereocenters. The van der Waals surface area contributed by atoms with Crippen molar-refractivity contribution in [3.8, 4) is 0 Å². The van der Waals surface area contributed by atoms with E-state index in [1.54, 1.807) is 17.0 Å². The van der Waals surface area contributed by atoms with Crippen molar-refractivity contribution in [1.82, 2.24) is 9.80 Å². The van der Waals surface area contributed by atoms with Crippen LogP contribution in [0.3, 0.4) is 0 Å². The van der Waals surface area contributed by atoms with Crippen molar-refractivity contribution in [2.24, 2.45) is 0 Å². The average Bonchev–Trinajstić information content (AvgIpc) is 2.38. The van der Waals surface area contributed by atoms with Gasteiger partial charge in [0.25, 0.3) is 5.91 Å². The molecule has 1 aliphatic heterocycles. The predicted octanol–water partition coefficient (Wildman–Crippen LogP) is 2.60. The fourth-order valence-corrected chi connectivity index (χ4v) is 3.00. The van der Waals surface area contributed by atoms with Gasteiger partial charge in [-0.2, -0.15) is 0 Å². The van der Waals surface area contributed by atoms with Gasteiger partial charge < -0.3 is 4.90 Å². The van der Waals surface area contributed by atoms with Crippen LogP contribution < -0.4 is 0 Å². The van der Waals surface area contributed by atoms with Crippen molar-refractivity contribution < 1.29 is 9.18 Å². The van der Waals surface area contributed by atoms with Crippen LogP contribution in [0.25, 0.3) is 0 Å². The highest BCUT2D eigenvalue weighted by Gasteiger charge is 2.26. The Morgan fingerprint density at radius 2 is 1.89 bits per heavy atom. The first-order valence-corrected chi connectivity index (χ1v) is 7.56. The first kappa shape index (κ1) is 14.7. The normalized spacial score (nSPS) is 17.0. The molecule has 1 aromatic carbocycles. The van der Waals surface area contributed by atoms with E-state index in [1.807, 2.05) is 22.6 Å². The summed E-state index contributed by atoms with van der Waals surface area (Å²) in [6.07, 6.45) is 0. The summed E-state index contributed by atoms with van der Waals surface area (Å²) in [7, 11) is 0. The van der Waals surface area contributed by atoms with Crippen molar-refractivity contribution in [3.63, 3.8) is 0 Å². The van der Waals surface area contributed by atoms with E-state index in [1.165, 1.54) is 6.07 Å². The molecular weight excluding hydrogens is 358 g/mol. The maximum absolute atomic E-state index is 13.8. The van der Waals surface area contributed by atoms with Gasteiger partial charge in [-0.15, -0.1) is 0 Å². The number of amides is 1. The minimum Gasteiger partial charge on any atom is -0.336 e. The fraction of sp³-hybridized carbons (Fsp3) is 0.500. The number of rotatable bonds is 2. The van der Waals surface area contributed by atoms with Crippen LogP contribution in [0, 0.1) is 9.39 Å². The standard InChI is InChI=1S/C14H18FIN2O/c1-10(2)17-6-8-18(9-7-17)14(19)13-11(15)4-3-5-12(13)16/h3-5,10H,6-9H2,1-2H3. The molecule has 0 bridgehead atoms. The lowest BCUT2D eigenvalue weighted by atomic mass is 10.1. The highest BCUT2D eigenvalue weighted by atomic mass is 127. The molecule has 0 N–H and O–H groups in total. The van der Waals surface area contributed by atoms with E-state index in [2.05, 4.69) is 18.7 Å². The molecule has 19 heavy (non-hydrogen) atoms. The Kier molecular flexibility index (Phi) is 4.78. The zero-order chi connectivity index (χ0) is 14.0. The Balaban J connectivity index is 2.10. The minimum absolute atomic E-state index is 0.189. The molecule has 5 heteroatoms. The number of carbonyl (C=O) groups excluding carboxylic acids is 1. The van der Waals surface area contributed by atoms with Gasteiger partial charge in [-0.05, 0) is 48.6 Å². The molecule has 1 fully saturated rings. The molecule has 104 valence electrons.